The summed E-state index contributed by atoms with van der Waals surface area (Å²) in [6, 6.07) is 0. The third-order valence-electron chi connectivity index (χ3n) is 4.37. The molecule has 21 heavy (non-hydrogen) atoms. The Labute approximate surface area is 130 Å². The number of hydrogen-bond acceptors (Lipinski definition) is 5. The van der Waals surface area contributed by atoms with E-state index < -0.39 is 9.84 Å². The third-order valence-corrected chi connectivity index (χ3v) is 6.50. The Morgan fingerprint density at radius 3 is 2.76 bits per heavy atom. The molecule has 0 spiro atoms. The molecule has 0 radical (unpaired) electrons. The minimum Gasteiger partial charge on any atom is -0.414 e. The van der Waals surface area contributed by atoms with Gasteiger partial charge < -0.3 is 9.32 Å². The van der Waals surface area contributed by atoms with Crippen molar-refractivity contribution in [3.63, 3.8) is 0 Å². The molecule has 0 aromatic carbocycles. The second-order valence-corrected chi connectivity index (χ2v) is 8.78. The highest BCUT2D eigenvalue weighted by molar-refractivity contribution is 7.91. The summed E-state index contributed by atoms with van der Waals surface area (Å²) in [5.74, 6) is 1.24. The first-order valence-corrected chi connectivity index (χ1v) is 9.86. The van der Waals surface area contributed by atoms with Gasteiger partial charge in [-0.3, -0.25) is 0 Å². The lowest BCUT2D eigenvalue weighted by molar-refractivity contribution is -0.928. The van der Waals surface area contributed by atoms with Gasteiger partial charge in [0, 0.05) is 6.42 Å². The topological polar surface area (TPSA) is 69.5 Å². The molecule has 1 N–H and O–H groups in total. The van der Waals surface area contributed by atoms with Crippen molar-refractivity contribution < 1.29 is 17.7 Å². The number of rotatable bonds is 4. The number of piperidine rings is 1. The molecule has 6 nitrogen and oxygen atoms in total. The zero-order valence-corrected chi connectivity index (χ0v) is 13.7. The number of likely N-dealkylation sites (tertiary alicyclic amines) is 1. The largest absolute Gasteiger partial charge is 0.414 e. The summed E-state index contributed by atoms with van der Waals surface area (Å²) >= 11 is 5.23. The maximum Gasteiger partial charge on any atom is 0.291 e. The molecule has 1 aromatic rings. The zero-order valence-electron chi connectivity index (χ0n) is 12.1. The van der Waals surface area contributed by atoms with Gasteiger partial charge in [-0.15, -0.1) is 5.10 Å². The van der Waals surface area contributed by atoms with Crippen LogP contribution in [-0.4, -0.2) is 42.8 Å². The lowest BCUT2D eigenvalue weighted by Crippen LogP contribution is -3.12. The maximum absolute atomic E-state index is 11.5. The van der Waals surface area contributed by atoms with Gasteiger partial charge in [-0.2, -0.15) is 4.68 Å². The van der Waals surface area contributed by atoms with Crippen LogP contribution in [0.5, 0.6) is 0 Å². The van der Waals surface area contributed by atoms with Crippen LogP contribution in [0.1, 0.15) is 31.6 Å². The van der Waals surface area contributed by atoms with Gasteiger partial charge in [-0.05, 0) is 43.8 Å². The first kappa shape index (κ1) is 15.2. The lowest BCUT2D eigenvalue weighted by atomic mass is 10.1. The molecule has 3 heterocycles. The Morgan fingerprint density at radius 1 is 1.33 bits per heavy atom. The van der Waals surface area contributed by atoms with Gasteiger partial charge >= 0.3 is 0 Å². The average Bonchev–Trinajstić information content (AvgIpc) is 2.94. The van der Waals surface area contributed by atoms with E-state index in [-0.39, 0.29) is 17.4 Å². The van der Waals surface area contributed by atoms with E-state index in [9.17, 15) is 8.42 Å². The molecule has 0 bridgehead atoms. The van der Waals surface area contributed by atoms with Gasteiger partial charge in [0.15, 0.2) is 16.5 Å². The molecule has 2 aliphatic heterocycles. The number of quaternary nitrogens is 1. The summed E-state index contributed by atoms with van der Waals surface area (Å²) in [7, 11) is -2.85. The fourth-order valence-corrected chi connectivity index (χ4v) is 5.30. The SMILES string of the molecule is O=S1(=O)CC[C@H](Cc2nn(C[NH+]3CCCCC3)c(=S)o2)C1. The quantitative estimate of drug-likeness (QED) is 0.798. The van der Waals surface area contributed by atoms with Crippen LogP contribution in [-0.2, 0) is 22.9 Å². The van der Waals surface area contributed by atoms with Gasteiger partial charge in [0.2, 0.25) is 5.89 Å². The molecule has 3 rings (SSSR count). The molecule has 1 atom stereocenters. The Balaban J connectivity index is 1.62. The lowest BCUT2D eigenvalue weighted by Gasteiger charge is -2.22. The van der Waals surface area contributed by atoms with E-state index in [4.69, 9.17) is 16.6 Å². The Kier molecular flexibility index (Phi) is 4.46. The van der Waals surface area contributed by atoms with E-state index >= 15 is 0 Å². The van der Waals surface area contributed by atoms with Crippen molar-refractivity contribution in [2.75, 3.05) is 24.6 Å². The normalized spacial score (nSPS) is 26.2. The number of aromatic nitrogens is 2. The zero-order chi connectivity index (χ0) is 14.9. The van der Waals surface area contributed by atoms with Crippen molar-refractivity contribution in [3.05, 3.63) is 10.7 Å². The first-order valence-electron chi connectivity index (χ1n) is 7.63. The summed E-state index contributed by atoms with van der Waals surface area (Å²) in [5.41, 5.74) is 0. The maximum atomic E-state index is 11.5. The number of nitrogens with zero attached hydrogens (tertiary/aromatic N) is 2. The number of hydrogen-bond donors (Lipinski definition) is 1. The minimum atomic E-state index is -2.85. The van der Waals surface area contributed by atoms with Crippen LogP contribution in [0.4, 0.5) is 0 Å². The van der Waals surface area contributed by atoms with Crippen LogP contribution in [0.25, 0.3) is 0 Å². The summed E-state index contributed by atoms with van der Waals surface area (Å²) in [6.45, 7) is 3.07. The highest BCUT2D eigenvalue weighted by Gasteiger charge is 2.29. The van der Waals surface area contributed by atoms with Gasteiger partial charge in [0.25, 0.3) is 4.84 Å². The van der Waals surface area contributed by atoms with Gasteiger partial charge in [-0.25, -0.2) is 8.42 Å². The Bertz CT molecular complexity index is 644. The van der Waals surface area contributed by atoms with Crippen molar-refractivity contribution in [1.29, 1.82) is 0 Å². The number of sulfone groups is 1. The molecule has 0 amide bonds. The molecule has 2 saturated heterocycles. The minimum absolute atomic E-state index is 0.124. The van der Waals surface area contributed by atoms with Crippen LogP contribution in [0, 0.1) is 10.8 Å². The molecule has 0 unspecified atom stereocenters. The van der Waals surface area contributed by atoms with E-state index in [1.165, 1.54) is 24.2 Å². The highest BCUT2D eigenvalue weighted by atomic mass is 32.2. The summed E-state index contributed by atoms with van der Waals surface area (Å²) < 4.78 is 30.3. The third kappa shape index (κ3) is 3.92. The predicted molar refractivity (Wildman–Crippen MR) is 80.3 cm³/mol. The molecule has 1 aromatic heterocycles. The van der Waals surface area contributed by atoms with Crippen LogP contribution in [0.3, 0.4) is 0 Å². The van der Waals surface area contributed by atoms with Crippen LogP contribution >= 0.6 is 12.2 Å². The monoisotopic (exact) mass is 332 g/mol. The average molecular weight is 332 g/mol. The molecule has 0 saturated carbocycles. The summed E-state index contributed by atoms with van der Waals surface area (Å²) in [5, 5.41) is 4.45. The second kappa shape index (κ2) is 6.18. The molecule has 2 aliphatic rings. The van der Waals surface area contributed by atoms with E-state index in [0.717, 1.165) is 19.8 Å². The van der Waals surface area contributed by atoms with E-state index in [1.807, 2.05) is 0 Å². The van der Waals surface area contributed by atoms with Crippen molar-refractivity contribution in [1.82, 2.24) is 9.78 Å². The summed E-state index contributed by atoms with van der Waals surface area (Å²) in [4.78, 5) is 1.89. The fraction of sp³-hybridized carbons (Fsp3) is 0.846. The first-order chi connectivity index (χ1) is 10.0. The van der Waals surface area contributed by atoms with Crippen molar-refractivity contribution >= 4 is 22.1 Å². The standard InChI is InChI=1S/C13H21N3O3S2/c17-21(18)7-4-11(9-21)8-12-14-16(13(20)19-12)10-15-5-2-1-3-6-15/h11H,1-10H2/p+1/t11-/m1/s1. The highest BCUT2D eigenvalue weighted by Crippen LogP contribution is 2.22. The van der Waals surface area contributed by atoms with Gasteiger partial charge in [0.1, 0.15) is 0 Å². The van der Waals surface area contributed by atoms with Gasteiger partial charge in [-0.1, -0.05) is 0 Å². The molecule has 0 aliphatic carbocycles. The van der Waals surface area contributed by atoms with Crippen molar-refractivity contribution in [2.45, 2.75) is 38.8 Å². The van der Waals surface area contributed by atoms with E-state index in [1.54, 1.807) is 4.68 Å². The Morgan fingerprint density at radius 2 is 2.10 bits per heavy atom. The molecular weight excluding hydrogens is 310 g/mol. The Hall–Kier alpha value is -0.730. The molecule has 2 fully saturated rings. The molecular formula is C13H22N3O3S2+. The van der Waals surface area contributed by atoms with Crippen molar-refractivity contribution in [3.8, 4) is 0 Å². The fourth-order valence-electron chi connectivity index (χ4n) is 3.23. The smallest absolute Gasteiger partial charge is 0.291 e. The van der Waals surface area contributed by atoms with Crippen LogP contribution in [0.2, 0.25) is 0 Å². The van der Waals surface area contributed by atoms with Crippen LogP contribution < -0.4 is 4.90 Å². The number of nitrogens with one attached hydrogen (secondary N) is 1. The second-order valence-electron chi connectivity index (χ2n) is 6.20. The predicted octanol–water partition coefficient (Wildman–Crippen LogP) is 0.209. The van der Waals surface area contributed by atoms with Crippen molar-refractivity contribution in [2.24, 2.45) is 5.92 Å². The summed E-state index contributed by atoms with van der Waals surface area (Å²) in [6.07, 6.45) is 5.11. The molecule has 118 valence electrons. The molecule has 8 heteroatoms. The van der Waals surface area contributed by atoms with Crippen LogP contribution in [0.15, 0.2) is 4.42 Å². The van der Waals surface area contributed by atoms with E-state index in [2.05, 4.69) is 5.10 Å². The van der Waals surface area contributed by atoms with E-state index in [0.29, 0.717) is 23.6 Å². The van der Waals surface area contributed by atoms with Gasteiger partial charge in [0.05, 0.1) is 24.6 Å².